The minimum absolute atomic E-state index is 0.127. The van der Waals surface area contributed by atoms with Gasteiger partial charge in [-0.1, -0.05) is 6.07 Å². The van der Waals surface area contributed by atoms with Gasteiger partial charge in [-0.15, -0.1) is 0 Å². The molecule has 1 heterocycles. The van der Waals surface area contributed by atoms with Gasteiger partial charge in [-0.2, -0.15) is 4.31 Å². The first kappa shape index (κ1) is 13.8. The van der Waals surface area contributed by atoms with Gasteiger partial charge in [0.2, 0.25) is 10.0 Å². The molecule has 0 bridgehead atoms. The molecule has 7 heteroatoms. The van der Waals surface area contributed by atoms with E-state index in [4.69, 9.17) is 5.73 Å². The second kappa shape index (κ2) is 4.98. The summed E-state index contributed by atoms with van der Waals surface area (Å²) in [5, 5.41) is 0. The summed E-state index contributed by atoms with van der Waals surface area (Å²) in [5.74, 6) is -0.692. The Labute approximate surface area is 118 Å². The number of anilines is 1. The molecule has 3 rings (SSSR count). The maximum absolute atomic E-state index is 13.4. The molecule has 1 aliphatic carbocycles. The number of nitrogen functional groups attached to an aromatic ring is 1. The van der Waals surface area contributed by atoms with Crippen LogP contribution in [0.2, 0.25) is 0 Å². The Bertz CT molecular complexity index is 608. The van der Waals surface area contributed by atoms with Gasteiger partial charge in [0, 0.05) is 32.2 Å². The summed E-state index contributed by atoms with van der Waals surface area (Å²) < 4.78 is 39.9. The first-order chi connectivity index (χ1) is 9.50. The lowest BCUT2D eigenvalue weighted by molar-refractivity contribution is 0.180. The summed E-state index contributed by atoms with van der Waals surface area (Å²) in [6, 6.07) is 4.54. The maximum atomic E-state index is 13.4. The second-order valence-electron chi connectivity index (χ2n) is 5.32. The normalized spacial score (nSPS) is 22.1. The number of piperazine rings is 1. The molecule has 0 amide bonds. The van der Waals surface area contributed by atoms with Crippen molar-refractivity contribution in [1.29, 1.82) is 0 Å². The van der Waals surface area contributed by atoms with Gasteiger partial charge in [-0.25, -0.2) is 12.8 Å². The van der Waals surface area contributed by atoms with Crippen molar-refractivity contribution in [3.05, 3.63) is 24.0 Å². The van der Waals surface area contributed by atoms with Crippen molar-refractivity contribution in [3.8, 4) is 0 Å². The molecule has 1 saturated heterocycles. The number of para-hydroxylation sites is 1. The van der Waals surface area contributed by atoms with Crippen LogP contribution in [-0.4, -0.2) is 49.8 Å². The minimum Gasteiger partial charge on any atom is -0.395 e. The molecule has 2 N–H and O–H groups in total. The quantitative estimate of drug-likeness (QED) is 0.841. The maximum Gasteiger partial charge on any atom is 0.245 e. The van der Waals surface area contributed by atoms with Gasteiger partial charge in [0.25, 0.3) is 0 Å². The van der Waals surface area contributed by atoms with Crippen molar-refractivity contribution in [2.75, 3.05) is 31.9 Å². The fourth-order valence-corrected chi connectivity index (χ4v) is 4.18. The third-order valence-corrected chi connectivity index (χ3v) is 5.92. The molecule has 2 aliphatic rings. The molecule has 1 aliphatic heterocycles. The van der Waals surface area contributed by atoms with E-state index < -0.39 is 15.8 Å². The van der Waals surface area contributed by atoms with Crippen LogP contribution in [0.4, 0.5) is 10.1 Å². The lowest BCUT2D eigenvalue weighted by Crippen LogP contribution is -2.49. The number of halogens is 1. The third-order valence-electron chi connectivity index (χ3n) is 3.97. The Morgan fingerprint density at radius 3 is 2.40 bits per heavy atom. The van der Waals surface area contributed by atoms with E-state index >= 15 is 0 Å². The van der Waals surface area contributed by atoms with Crippen molar-refractivity contribution in [2.45, 2.75) is 23.8 Å². The van der Waals surface area contributed by atoms with Gasteiger partial charge >= 0.3 is 0 Å². The molecule has 1 saturated carbocycles. The Kier molecular flexibility index (Phi) is 3.43. The molecule has 110 valence electrons. The lowest BCUT2D eigenvalue weighted by atomic mass is 10.3. The zero-order valence-electron chi connectivity index (χ0n) is 11.1. The minimum atomic E-state index is -3.70. The van der Waals surface area contributed by atoms with Crippen LogP contribution >= 0.6 is 0 Å². The Balaban J connectivity index is 1.80. The van der Waals surface area contributed by atoms with Crippen molar-refractivity contribution >= 4 is 15.7 Å². The molecular formula is C13H18FN3O2S. The van der Waals surface area contributed by atoms with E-state index in [0.717, 1.165) is 13.1 Å². The highest BCUT2D eigenvalue weighted by molar-refractivity contribution is 7.89. The number of rotatable bonds is 3. The van der Waals surface area contributed by atoms with Crippen LogP contribution in [-0.2, 0) is 10.0 Å². The van der Waals surface area contributed by atoms with Crippen LogP contribution < -0.4 is 5.73 Å². The molecule has 0 spiro atoms. The molecule has 0 atom stereocenters. The highest BCUT2D eigenvalue weighted by atomic mass is 32.2. The Morgan fingerprint density at radius 1 is 1.15 bits per heavy atom. The van der Waals surface area contributed by atoms with Crippen molar-refractivity contribution in [3.63, 3.8) is 0 Å². The number of nitrogens with two attached hydrogens (primary N) is 1. The van der Waals surface area contributed by atoms with Gasteiger partial charge in [-0.3, -0.25) is 4.90 Å². The van der Waals surface area contributed by atoms with E-state index in [1.807, 2.05) is 0 Å². The highest BCUT2D eigenvalue weighted by Crippen LogP contribution is 2.30. The van der Waals surface area contributed by atoms with Crippen molar-refractivity contribution in [1.82, 2.24) is 9.21 Å². The monoisotopic (exact) mass is 299 g/mol. The summed E-state index contributed by atoms with van der Waals surface area (Å²) in [5.41, 5.74) is 5.28. The number of sulfonamides is 1. The molecule has 2 fully saturated rings. The molecule has 1 aromatic rings. The summed E-state index contributed by atoms with van der Waals surface area (Å²) in [6.07, 6.45) is 2.42. The molecule has 0 aromatic heterocycles. The smallest absolute Gasteiger partial charge is 0.245 e. The summed E-state index contributed by atoms with van der Waals surface area (Å²) in [7, 11) is -3.70. The van der Waals surface area contributed by atoms with E-state index in [2.05, 4.69) is 4.90 Å². The number of hydrogen-bond donors (Lipinski definition) is 1. The summed E-state index contributed by atoms with van der Waals surface area (Å²) >= 11 is 0. The zero-order chi connectivity index (χ0) is 14.3. The van der Waals surface area contributed by atoms with Crippen LogP contribution in [0.15, 0.2) is 23.1 Å². The Hall–Kier alpha value is -1.18. The number of benzene rings is 1. The predicted molar refractivity (Wildman–Crippen MR) is 74.2 cm³/mol. The standard InChI is InChI=1S/C13H18FN3O2S/c14-11-2-1-3-12(13(11)15)20(18,19)17-8-6-16(7-9-17)10-4-5-10/h1-3,10H,4-9,15H2. The van der Waals surface area contributed by atoms with Crippen LogP contribution in [0, 0.1) is 5.82 Å². The molecule has 1 aromatic carbocycles. The van der Waals surface area contributed by atoms with E-state index in [0.29, 0.717) is 19.1 Å². The average molecular weight is 299 g/mol. The molecule has 0 unspecified atom stereocenters. The molecule has 20 heavy (non-hydrogen) atoms. The zero-order valence-corrected chi connectivity index (χ0v) is 11.9. The van der Waals surface area contributed by atoms with Gasteiger partial charge < -0.3 is 5.73 Å². The van der Waals surface area contributed by atoms with Crippen LogP contribution in [0.1, 0.15) is 12.8 Å². The largest absolute Gasteiger partial charge is 0.395 e. The number of nitrogens with zero attached hydrogens (tertiary/aromatic N) is 2. The molecule has 5 nitrogen and oxygen atoms in total. The van der Waals surface area contributed by atoms with Gasteiger partial charge in [0.05, 0.1) is 5.69 Å². The second-order valence-corrected chi connectivity index (χ2v) is 7.23. The summed E-state index contributed by atoms with van der Waals surface area (Å²) in [6.45, 7) is 2.35. The van der Waals surface area contributed by atoms with Gasteiger partial charge in [0.1, 0.15) is 10.7 Å². The first-order valence-corrected chi connectivity index (χ1v) is 8.22. The van der Waals surface area contributed by atoms with Crippen LogP contribution in [0.3, 0.4) is 0 Å². The average Bonchev–Trinajstić information content (AvgIpc) is 3.26. The topological polar surface area (TPSA) is 66.6 Å². The molecular weight excluding hydrogens is 281 g/mol. The van der Waals surface area contributed by atoms with E-state index in [1.54, 1.807) is 0 Å². The number of hydrogen-bond acceptors (Lipinski definition) is 4. The Morgan fingerprint density at radius 2 is 1.80 bits per heavy atom. The van der Waals surface area contributed by atoms with E-state index in [9.17, 15) is 12.8 Å². The lowest BCUT2D eigenvalue weighted by Gasteiger charge is -2.34. The van der Waals surface area contributed by atoms with Gasteiger partial charge in [0.15, 0.2) is 0 Å². The van der Waals surface area contributed by atoms with Crippen LogP contribution in [0.25, 0.3) is 0 Å². The third kappa shape index (κ3) is 2.41. The first-order valence-electron chi connectivity index (χ1n) is 6.78. The van der Waals surface area contributed by atoms with E-state index in [1.165, 1.54) is 35.3 Å². The fourth-order valence-electron chi connectivity index (χ4n) is 2.63. The van der Waals surface area contributed by atoms with E-state index in [-0.39, 0.29) is 10.6 Å². The van der Waals surface area contributed by atoms with Crippen molar-refractivity contribution in [2.24, 2.45) is 0 Å². The van der Waals surface area contributed by atoms with Gasteiger partial charge in [-0.05, 0) is 25.0 Å². The molecule has 0 radical (unpaired) electrons. The highest BCUT2D eigenvalue weighted by Gasteiger charge is 2.35. The SMILES string of the molecule is Nc1c(F)cccc1S(=O)(=O)N1CCN(C2CC2)CC1. The van der Waals surface area contributed by atoms with Crippen LogP contribution in [0.5, 0.6) is 0 Å². The fraction of sp³-hybridized carbons (Fsp3) is 0.538. The van der Waals surface area contributed by atoms with Crippen molar-refractivity contribution < 1.29 is 12.8 Å². The summed E-state index contributed by atoms with van der Waals surface area (Å²) in [4.78, 5) is 2.19. The predicted octanol–water partition coefficient (Wildman–Crippen LogP) is 0.877.